The molecule has 2 aromatic rings. The Morgan fingerprint density at radius 1 is 1.15 bits per heavy atom. The van der Waals surface area contributed by atoms with Crippen LogP contribution in [0.5, 0.6) is 11.5 Å². The number of aryl methyl sites for hydroxylation is 1. The van der Waals surface area contributed by atoms with E-state index in [2.05, 4.69) is 22.3 Å². The molecule has 1 aliphatic heterocycles. The van der Waals surface area contributed by atoms with Gasteiger partial charge in [-0.25, -0.2) is 0 Å². The van der Waals surface area contributed by atoms with Crippen LogP contribution in [0.25, 0.3) is 0 Å². The molecule has 1 N–H and O–H groups in total. The number of benzene rings is 2. The van der Waals surface area contributed by atoms with E-state index in [1.807, 2.05) is 18.2 Å². The van der Waals surface area contributed by atoms with Crippen molar-refractivity contribution < 1.29 is 32.2 Å². The van der Waals surface area contributed by atoms with Crippen molar-refractivity contribution in [2.75, 3.05) is 40.0 Å². The van der Waals surface area contributed by atoms with Crippen LogP contribution in [0.3, 0.4) is 0 Å². The minimum Gasteiger partial charge on any atom is -0.493 e. The Balaban J connectivity index is 1.41. The number of hydrogen-bond acceptors (Lipinski definition) is 5. The maximum absolute atomic E-state index is 12.4. The molecule has 180 valence electrons. The van der Waals surface area contributed by atoms with Crippen molar-refractivity contribution in [2.24, 2.45) is 0 Å². The van der Waals surface area contributed by atoms with Crippen molar-refractivity contribution in [3.63, 3.8) is 0 Å². The Kier molecular flexibility index (Phi) is 8.96. The van der Waals surface area contributed by atoms with E-state index in [1.54, 1.807) is 12.1 Å². The number of carbonyl (C=O) groups is 1. The second-order valence-electron chi connectivity index (χ2n) is 7.91. The molecule has 1 heterocycles. The molecule has 0 aromatic heterocycles. The number of methoxy groups -OCH3 is 1. The average molecular weight is 467 g/mol. The maximum atomic E-state index is 12.4. The lowest BCUT2D eigenvalue weighted by Crippen LogP contribution is -2.47. The number of ether oxygens (including phenoxy) is 3. The fourth-order valence-electron chi connectivity index (χ4n) is 3.61. The monoisotopic (exact) mass is 466 g/mol. The molecule has 0 aliphatic carbocycles. The first kappa shape index (κ1) is 24.9. The fraction of sp³-hybridized carbons (Fsp3) is 0.458. The van der Waals surface area contributed by atoms with Crippen molar-refractivity contribution in [1.82, 2.24) is 10.2 Å². The van der Waals surface area contributed by atoms with Crippen LogP contribution in [0.1, 0.15) is 17.5 Å². The predicted molar refractivity (Wildman–Crippen MR) is 117 cm³/mol. The second-order valence-corrected chi connectivity index (χ2v) is 7.91. The van der Waals surface area contributed by atoms with Gasteiger partial charge in [-0.05, 0) is 29.7 Å². The van der Waals surface area contributed by atoms with E-state index in [1.165, 1.54) is 18.7 Å². The first-order chi connectivity index (χ1) is 15.8. The first-order valence-electron chi connectivity index (χ1n) is 10.8. The highest BCUT2D eigenvalue weighted by Gasteiger charge is 2.29. The summed E-state index contributed by atoms with van der Waals surface area (Å²) in [4.78, 5) is 14.6. The third-order valence-electron chi connectivity index (χ3n) is 5.26. The molecule has 33 heavy (non-hydrogen) atoms. The number of alkyl halides is 3. The highest BCUT2D eigenvalue weighted by atomic mass is 19.4. The summed E-state index contributed by atoms with van der Waals surface area (Å²) in [6.07, 6.45) is -3.83. The van der Waals surface area contributed by atoms with E-state index in [9.17, 15) is 18.0 Å². The lowest BCUT2D eigenvalue weighted by atomic mass is 10.1. The van der Waals surface area contributed by atoms with Gasteiger partial charge in [0.15, 0.2) is 18.1 Å². The van der Waals surface area contributed by atoms with E-state index < -0.39 is 12.8 Å². The minimum atomic E-state index is -4.43. The number of nitrogens with one attached hydrogen (secondary N) is 1. The molecule has 3 rings (SSSR count). The Morgan fingerprint density at radius 2 is 1.94 bits per heavy atom. The Morgan fingerprint density at radius 3 is 2.67 bits per heavy atom. The quantitative estimate of drug-likeness (QED) is 0.580. The van der Waals surface area contributed by atoms with Gasteiger partial charge in [-0.15, -0.1) is 0 Å². The van der Waals surface area contributed by atoms with E-state index in [4.69, 9.17) is 14.2 Å². The standard InChI is InChI=1S/C24H29F3N2O4/c1-31-22-13-18(7-9-21(22)33-17-24(25,26)27)8-10-23(30)28-14-20-16-29(11-12-32-20)15-19-5-3-2-4-6-19/h2-7,9,13,20H,8,10-12,14-17H2,1H3,(H,28,30). The molecule has 1 aliphatic rings. The summed E-state index contributed by atoms with van der Waals surface area (Å²) in [6, 6.07) is 14.9. The predicted octanol–water partition coefficient (Wildman–Crippen LogP) is 3.59. The van der Waals surface area contributed by atoms with Gasteiger partial charge in [0.25, 0.3) is 0 Å². The summed E-state index contributed by atoms with van der Waals surface area (Å²) in [5.41, 5.74) is 2.01. The van der Waals surface area contributed by atoms with Crippen LogP contribution in [0.2, 0.25) is 0 Å². The van der Waals surface area contributed by atoms with Crippen LogP contribution in [-0.4, -0.2) is 63.0 Å². The van der Waals surface area contributed by atoms with Crippen LogP contribution in [0, 0.1) is 0 Å². The molecule has 9 heteroatoms. The number of rotatable bonds is 10. The van der Waals surface area contributed by atoms with Gasteiger partial charge >= 0.3 is 6.18 Å². The largest absolute Gasteiger partial charge is 0.493 e. The lowest BCUT2D eigenvalue weighted by Gasteiger charge is -2.33. The highest BCUT2D eigenvalue weighted by molar-refractivity contribution is 5.76. The van der Waals surface area contributed by atoms with E-state index in [0.29, 0.717) is 19.6 Å². The number of morpholine rings is 1. The maximum Gasteiger partial charge on any atom is 0.422 e. The van der Waals surface area contributed by atoms with Crippen molar-refractivity contribution in [1.29, 1.82) is 0 Å². The summed E-state index contributed by atoms with van der Waals surface area (Å²) in [6.45, 7) is 2.10. The second kappa shape index (κ2) is 11.9. The molecule has 1 unspecified atom stereocenters. The molecular formula is C24H29F3N2O4. The zero-order chi connectivity index (χ0) is 23.7. The molecule has 2 aromatic carbocycles. The van der Waals surface area contributed by atoms with Gasteiger partial charge in [0.1, 0.15) is 0 Å². The van der Waals surface area contributed by atoms with Crippen LogP contribution in [0.4, 0.5) is 13.2 Å². The zero-order valence-corrected chi connectivity index (χ0v) is 18.6. The zero-order valence-electron chi connectivity index (χ0n) is 18.6. The third kappa shape index (κ3) is 8.58. The van der Waals surface area contributed by atoms with E-state index in [0.717, 1.165) is 25.2 Å². The number of hydrogen-bond donors (Lipinski definition) is 1. The summed E-state index contributed by atoms with van der Waals surface area (Å²) in [5, 5.41) is 2.91. The van der Waals surface area contributed by atoms with Gasteiger partial charge in [0, 0.05) is 32.6 Å². The topological polar surface area (TPSA) is 60.0 Å². The molecule has 1 fully saturated rings. The highest BCUT2D eigenvalue weighted by Crippen LogP contribution is 2.30. The van der Waals surface area contributed by atoms with Crippen molar-refractivity contribution in [3.8, 4) is 11.5 Å². The molecule has 0 spiro atoms. The van der Waals surface area contributed by atoms with Crippen LogP contribution >= 0.6 is 0 Å². The Hall–Kier alpha value is -2.78. The molecule has 0 saturated carbocycles. The van der Waals surface area contributed by atoms with Gasteiger partial charge < -0.3 is 19.5 Å². The van der Waals surface area contributed by atoms with Crippen LogP contribution in [0.15, 0.2) is 48.5 Å². The summed E-state index contributed by atoms with van der Waals surface area (Å²) >= 11 is 0. The van der Waals surface area contributed by atoms with Gasteiger partial charge in [-0.3, -0.25) is 9.69 Å². The number of carbonyl (C=O) groups excluding carboxylic acids is 1. The summed E-state index contributed by atoms with van der Waals surface area (Å²) in [5.74, 6) is 0.0962. The molecule has 1 atom stereocenters. The van der Waals surface area contributed by atoms with Crippen LogP contribution < -0.4 is 14.8 Å². The van der Waals surface area contributed by atoms with Crippen molar-refractivity contribution in [3.05, 3.63) is 59.7 Å². The molecule has 6 nitrogen and oxygen atoms in total. The SMILES string of the molecule is COc1cc(CCC(=O)NCC2CN(Cc3ccccc3)CCO2)ccc1OCC(F)(F)F. The number of halogens is 3. The lowest BCUT2D eigenvalue weighted by molar-refractivity contribution is -0.153. The summed E-state index contributed by atoms with van der Waals surface area (Å²) in [7, 11) is 1.36. The molecular weight excluding hydrogens is 437 g/mol. The van der Waals surface area contributed by atoms with Crippen LogP contribution in [-0.2, 0) is 22.5 Å². The minimum absolute atomic E-state index is 0.0116. The molecule has 0 bridgehead atoms. The molecule has 1 saturated heterocycles. The Labute approximate surface area is 191 Å². The van der Waals surface area contributed by atoms with E-state index in [-0.39, 0.29) is 29.9 Å². The summed E-state index contributed by atoms with van der Waals surface area (Å²) < 4.78 is 52.8. The fourth-order valence-corrected chi connectivity index (χ4v) is 3.61. The van der Waals surface area contributed by atoms with E-state index >= 15 is 0 Å². The number of nitrogens with zero attached hydrogens (tertiary/aromatic N) is 1. The van der Waals surface area contributed by atoms with Gasteiger partial charge in [-0.1, -0.05) is 36.4 Å². The molecule has 0 radical (unpaired) electrons. The van der Waals surface area contributed by atoms with Gasteiger partial charge in [0.05, 0.1) is 19.8 Å². The average Bonchev–Trinajstić information content (AvgIpc) is 2.80. The first-order valence-corrected chi connectivity index (χ1v) is 10.8. The smallest absolute Gasteiger partial charge is 0.422 e. The van der Waals surface area contributed by atoms with Gasteiger partial charge in [0.2, 0.25) is 5.91 Å². The van der Waals surface area contributed by atoms with Gasteiger partial charge in [-0.2, -0.15) is 13.2 Å². The van der Waals surface area contributed by atoms with Crippen molar-refractivity contribution >= 4 is 5.91 Å². The van der Waals surface area contributed by atoms with Crippen molar-refractivity contribution in [2.45, 2.75) is 31.7 Å². The Bertz CT molecular complexity index is 893. The third-order valence-corrected chi connectivity index (χ3v) is 5.26. The number of amides is 1. The normalized spacial score (nSPS) is 16.9. The molecule has 1 amide bonds.